The second kappa shape index (κ2) is 15.0. The van der Waals surface area contributed by atoms with Crippen LogP contribution in [0.5, 0.6) is 5.75 Å². The van der Waals surface area contributed by atoms with Crippen LogP contribution in [0, 0.1) is 18.3 Å². The Balaban J connectivity index is 1.07. The van der Waals surface area contributed by atoms with Crippen molar-refractivity contribution in [2.45, 2.75) is 121 Å². The van der Waals surface area contributed by atoms with Crippen LogP contribution in [-0.4, -0.2) is 65.8 Å². The summed E-state index contributed by atoms with van der Waals surface area (Å²) in [5.74, 6) is 1.70. The molecule has 5 fully saturated rings. The van der Waals surface area contributed by atoms with Crippen molar-refractivity contribution < 1.29 is 23.8 Å². The number of carbonyl (C=O) groups is 2. The molecule has 1 aromatic carbocycles. The topological polar surface area (TPSA) is 108 Å². The van der Waals surface area contributed by atoms with Crippen LogP contribution in [0.25, 0.3) is 11.1 Å². The molecule has 5 aliphatic rings. The summed E-state index contributed by atoms with van der Waals surface area (Å²) in [5.41, 5.74) is 4.91. The van der Waals surface area contributed by atoms with Gasteiger partial charge in [0.15, 0.2) is 0 Å². The number of hydrogen-bond acceptors (Lipinski definition) is 7. The van der Waals surface area contributed by atoms with Gasteiger partial charge < -0.3 is 19.5 Å². The van der Waals surface area contributed by atoms with Crippen molar-refractivity contribution in [3.63, 3.8) is 0 Å². The summed E-state index contributed by atoms with van der Waals surface area (Å²) in [6.45, 7) is 8.31. The van der Waals surface area contributed by atoms with Crippen molar-refractivity contribution in [2.24, 2.45) is 11.3 Å². The largest absolute Gasteiger partial charge is 0.496 e. The lowest BCUT2D eigenvalue weighted by Gasteiger charge is -2.55. The van der Waals surface area contributed by atoms with Crippen molar-refractivity contribution in [3.8, 4) is 16.9 Å². The minimum atomic E-state index is -0.352. The van der Waals surface area contributed by atoms with E-state index in [2.05, 4.69) is 61.6 Å². The highest BCUT2D eigenvalue weighted by molar-refractivity contribution is 5.95. The fourth-order valence-corrected chi connectivity index (χ4v) is 9.12. The maximum Gasteiger partial charge on any atom is 0.407 e. The first-order valence-corrected chi connectivity index (χ1v) is 19.2. The van der Waals surface area contributed by atoms with E-state index in [0.717, 1.165) is 99.7 Å². The Bertz CT molecular complexity index is 1660. The van der Waals surface area contributed by atoms with E-state index in [1.54, 1.807) is 7.11 Å². The van der Waals surface area contributed by atoms with E-state index in [9.17, 15) is 9.59 Å². The van der Waals surface area contributed by atoms with Crippen LogP contribution in [0.4, 0.5) is 10.6 Å². The smallest absolute Gasteiger partial charge is 0.407 e. The van der Waals surface area contributed by atoms with E-state index < -0.39 is 0 Å². The Kier molecular flexibility index (Phi) is 10.4. The van der Waals surface area contributed by atoms with Gasteiger partial charge in [-0.2, -0.15) is 5.10 Å². The first kappa shape index (κ1) is 35.5. The maximum atomic E-state index is 14.7. The lowest BCUT2D eigenvalue weighted by molar-refractivity contribution is -0.124. The molecule has 2 amide bonds. The summed E-state index contributed by atoms with van der Waals surface area (Å²) in [6, 6.07) is 11.1. The van der Waals surface area contributed by atoms with Crippen molar-refractivity contribution >= 4 is 17.8 Å². The van der Waals surface area contributed by atoms with Crippen LogP contribution in [0.2, 0.25) is 0 Å². The molecule has 10 nitrogen and oxygen atoms in total. The maximum absolute atomic E-state index is 14.7. The molecule has 10 heteroatoms. The number of aryl methyl sites for hydroxylation is 1. The first-order chi connectivity index (χ1) is 24.7. The van der Waals surface area contributed by atoms with Crippen LogP contribution in [0.1, 0.15) is 108 Å². The van der Waals surface area contributed by atoms with Crippen LogP contribution in [0.3, 0.4) is 0 Å². The normalized spacial score (nSPS) is 26.5. The quantitative estimate of drug-likeness (QED) is 0.229. The Morgan fingerprint density at radius 1 is 0.980 bits per heavy atom. The molecule has 0 radical (unpaired) electrons. The van der Waals surface area contributed by atoms with Gasteiger partial charge in [0.05, 0.1) is 26.5 Å². The van der Waals surface area contributed by atoms with Gasteiger partial charge in [-0.1, -0.05) is 12.1 Å². The molecule has 3 aromatic rings. The Morgan fingerprint density at radius 2 is 1.71 bits per heavy atom. The summed E-state index contributed by atoms with van der Waals surface area (Å²) in [5, 5.41) is 7.65. The van der Waals surface area contributed by atoms with Crippen LogP contribution in [0.15, 0.2) is 48.9 Å². The number of fused-ring (bicyclic) bond motifs is 3. The zero-order valence-electron chi connectivity index (χ0n) is 30.9. The van der Waals surface area contributed by atoms with Crippen molar-refractivity contribution in [1.82, 2.24) is 20.1 Å². The lowest BCUT2D eigenvalue weighted by atomic mass is 9.51. The van der Waals surface area contributed by atoms with E-state index >= 15 is 0 Å². The molecule has 0 unspecified atom stereocenters. The molecule has 8 rings (SSSR count). The van der Waals surface area contributed by atoms with Gasteiger partial charge in [0.1, 0.15) is 17.7 Å². The minimum absolute atomic E-state index is 0.0128. The number of hydrogen-bond donors (Lipinski definition) is 1. The minimum Gasteiger partial charge on any atom is -0.496 e. The number of carbonyl (C=O) groups excluding carboxylic acids is 2. The Morgan fingerprint density at radius 3 is 2.35 bits per heavy atom. The molecule has 2 bridgehead atoms. The number of alkyl carbamates (subject to hydrolysis) is 1. The number of pyridine rings is 1. The molecule has 4 aliphatic carbocycles. The molecular weight excluding hydrogens is 642 g/mol. The van der Waals surface area contributed by atoms with Gasteiger partial charge in [0, 0.05) is 55.3 Å². The second-order valence-electron chi connectivity index (χ2n) is 16.0. The zero-order chi connectivity index (χ0) is 35.6. The van der Waals surface area contributed by atoms with E-state index in [1.807, 2.05) is 28.0 Å². The summed E-state index contributed by atoms with van der Waals surface area (Å²) >= 11 is 0. The summed E-state index contributed by atoms with van der Waals surface area (Å²) in [7, 11) is 1.74. The molecule has 274 valence electrons. The number of amides is 2. The van der Waals surface area contributed by atoms with Gasteiger partial charge in [-0.3, -0.25) is 14.4 Å². The van der Waals surface area contributed by atoms with Crippen LogP contribution < -0.4 is 15.0 Å². The number of nitrogens with zero attached hydrogens (tertiary/aromatic N) is 4. The summed E-state index contributed by atoms with van der Waals surface area (Å²) < 4.78 is 18.6. The highest BCUT2D eigenvalue weighted by atomic mass is 16.6. The third-order valence-electron chi connectivity index (χ3n) is 12.5. The number of rotatable bonds is 10. The standard InChI is InChI=1S/C41H55N5O5/c1-28(2)46-26-32(25-43-46)31-11-20-42-37(24-31)45(38(47)30-5-8-34(9-6-30)44-39(48)51-35-12-21-50-22-13-35)27-40-14-17-41(18-15-40,19-16-40)33-7-10-36(49-4)29(3)23-33/h7,10-11,20,23-26,28,30,34-35H,5-6,8-9,12-19,21-22,27H2,1-4H3,(H,44,48)/t30-,34-,40?,41?. The van der Waals surface area contributed by atoms with Gasteiger partial charge in [0.25, 0.3) is 0 Å². The zero-order valence-corrected chi connectivity index (χ0v) is 30.9. The van der Waals surface area contributed by atoms with Gasteiger partial charge in [-0.25, -0.2) is 9.78 Å². The molecule has 1 saturated heterocycles. The predicted octanol–water partition coefficient (Wildman–Crippen LogP) is 7.93. The third-order valence-corrected chi connectivity index (χ3v) is 12.5. The van der Waals surface area contributed by atoms with Gasteiger partial charge in [0.2, 0.25) is 5.91 Å². The SMILES string of the molecule is COc1ccc(C23CCC(CN(c4cc(-c5cnn(C(C)C)c5)ccn4)C(=O)[C@H]4CC[C@H](NC(=O)OC5CCOCC5)CC4)(CC2)CC3)cc1C. The number of nitrogens with one attached hydrogen (secondary N) is 1. The Labute approximate surface area is 302 Å². The number of benzene rings is 1. The summed E-state index contributed by atoms with van der Waals surface area (Å²) in [6.07, 6.45) is 16.5. The molecule has 0 spiro atoms. The van der Waals surface area contributed by atoms with Crippen molar-refractivity contribution in [1.29, 1.82) is 0 Å². The first-order valence-electron chi connectivity index (χ1n) is 19.2. The molecule has 0 atom stereocenters. The second-order valence-corrected chi connectivity index (χ2v) is 16.0. The summed E-state index contributed by atoms with van der Waals surface area (Å²) in [4.78, 5) is 34.2. The molecule has 1 aliphatic heterocycles. The highest BCUT2D eigenvalue weighted by Gasteiger charge is 2.51. The number of ether oxygens (including phenoxy) is 3. The van der Waals surface area contributed by atoms with Gasteiger partial charge >= 0.3 is 6.09 Å². The molecule has 1 N–H and O–H groups in total. The number of methoxy groups -OCH3 is 1. The lowest BCUT2D eigenvalue weighted by Crippen LogP contribution is -2.52. The van der Waals surface area contributed by atoms with Crippen molar-refractivity contribution in [3.05, 3.63) is 60.0 Å². The van der Waals surface area contributed by atoms with E-state index in [4.69, 9.17) is 19.2 Å². The van der Waals surface area contributed by atoms with Gasteiger partial charge in [-0.15, -0.1) is 0 Å². The fraction of sp³-hybridized carbons (Fsp3) is 0.610. The molecule has 4 saturated carbocycles. The average Bonchev–Trinajstić information content (AvgIpc) is 3.66. The van der Waals surface area contributed by atoms with E-state index in [0.29, 0.717) is 19.8 Å². The molecular formula is C41H55N5O5. The predicted molar refractivity (Wildman–Crippen MR) is 197 cm³/mol. The van der Waals surface area contributed by atoms with E-state index in [-0.39, 0.29) is 46.9 Å². The number of aromatic nitrogens is 3. The Hall–Kier alpha value is -3.92. The molecule has 2 aromatic heterocycles. The number of anilines is 1. The van der Waals surface area contributed by atoms with Crippen LogP contribution >= 0.6 is 0 Å². The van der Waals surface area contributed by atoms with Gasteiger partial charge in [-0.05, 0) is 131 Å². The monoisotopic (exact) mass is 697 g/mol. The van der Waals surface area contributed by atoms with Crippen molar-refractivity contribution in [2.75, 3.05) is 31.8 Å². The average molecular weight is 698 g/mol. The van der Waals surface area contributed by atoms with E-state index in [1.165, 1.54) is 11.1 Å². The highest BCUT2D eigenvalue weighted by Crippen LogP contribution is 2.58. The third kappa shape index (κ3) is 7.66. The molecule has 51 heavy (non-hydrogen) atoms. The van der Waals surface area contributed by atoms with Crippen LogP contribution in [-0.2, 0) is 19.7 Å². The fourth-order valence-electron chi connectivity index (χ4n) is 9.12. The molecule has 3 heterocycles.